The molecule has 2 rings (SSSR count). The average molecular weight is 243 g/mol. The predicted octanol–water partition coefficient (Wildman–Crippen LogP) is 2.12. The van der Waals surface area contributed by atoms with Gasteiger partial charge in [-0.3, -0.25) is 9.78 Å². The highest BCUT2D eigenvalue weighted by Crippen LogP contribution is 2.21. The molecular weight excluding hydrogens is 226 g/mol. The van der Waals surface area contributed by atoms with Crippen molar-refractivity contribution in [2.24, 2.45) is 0 Å². The van der Waals surface area contributed by atoms with Gasteiger partial charge in [0.15, 0.2) is 0 Å². The van der Waals surface area contributed by atoms with Crippen molar-refractivity contribution in [2.45, 2.75) is 13.0 Å². The first kappa shape index (κ1) is 12.4. The predicted molar refractivity (Wildman–Crippen MR) is 73.5 cm³/mol. The third kappa shape index (κ3) is 2.42. The minimum Gasteiger partial charge on any atom is -0.373 e. The molecule has 2 aromatic rings. The first-order valence-electron chi connectivity index (χ1n) is 5.91. The normalized spacial score (nSPS) is 12.2. The van der Waals surface area contributed by atoms with Gasteiger partial charge in [-0.25, -0.2) is 0 Å². The van der Waals surface area contributed by atoms with Crippen molar-refractivity contribution in [1.29, 1.82) is 0 Å². The molecule has 4 heteroatoms. The van der Waals surface area contributed by atoms with Gasteiger partial charge in [0.05, 0.1) is 5.52 Å². The topological polar surface area (TPSA) is 45.2 Å². The number of hydrogen-bond acceptors (Lipinski definition) is 3. The van der Waals surface area contributed by atoms with E-state index in [1.165, 1.54) is 0 Å². The maximum atomic E-state index is 11.8. The number of anilines is 1. The molecule has 0 bridgehead atoms. The lowest BCUT2D eigenvalue weighted by Gasteiger charge is -2.19. The first-order chi connectivity index (χ1) is 8.59. The zero-order valence-corrected chi connectivity index (χ0v) is 10.8. The summed E-state index contributed by atoms with van der Waals surface area (Å²) in [4.78, 5) is 17.7. The molecule has 0 spiro atoms. The minimum atomic E-state index is -0.259. The third-order valence-electron chi connectivity index (χ3n) is 2.83. The van der Waals surface area contributed by atoms with Crippen LogP contribution in [0.3, 0.4) is 0 Å². The molecule has 1 heterocycles. The van der Waals surface area contributed by atoms with E-state index in [2.05, 4.69) is 10.3 Å². The van der Waals surface area contributed by atoms with Crippen LogP contribution >= 0.6 is 0 Å². The molecule has 1 unspecified atom stereocenters. The van der Waals surface area contributed by atoms with Gasteiger partial charge in [-0.15, -0.1) is 0 Å². The van der Waals surface area contributed by atoms with Crippen LogP contribution in [0, 0.1) is 0 Å². The summed E-state index contributed by atoms with van der Waals surface area (Å²) in [5, 5.41) is 4.26. The van der Waals surface area contributed by atoms with Gasteiger partial charge in [-0.05, 0) is 19.1 Å². The molecule has 1 aromatic carbocycles. The summed E-state index contributed by atoms with van der Waals surface area (Å²) in [5.41, 5.74) is 1.86. The van der Waals surface area contributed by atoms with E-state index in [-0.39, 0.29) is 11.9 Å². The summed E-state index contributed by atoms with van der Waals surface area (Å²) < 4.78 is 0. The fourth-order valence-electron chi connectivity index (χ4n) is 1.90. The summed E-state index contributed by atoms with van der Waals surface area (Å²) in [6.45, 7) is 1.86. The molecular formula is C14H17N3O. The molecule has 1 aromatic heterocycles. The number of nitrogens with zero attached hydrogens (tertiary/aromatic N) is 2. The van der Waals surface area contributed by atoms with Crippen LogP contribution in [0.5, 0.6) is 0 Å². The molecule has 1 amide bonds. The van der Waals surface area contributed by atoms with E-state index in [1.807, 2.05) is 37.3 Å². The molecule has 0 saturated heterocycles. The van der Waals surface area contributed by atoms with Crippen LogP contribution in [-0.4, -0.2) is 35.9 Å². The number of benzene rings is 1. The largest absolute Gasteiger partial charge is 0.373 e. The van der Waals surface area contributed by atoms with Gasteiger partial charge < -0.3 is 10.2 Å². The van der Waals surface area contributed by atoms with Crippen molar-refractivity contribution >= 4 is 22.5 Å². The highest BCUT2D eigenvalue weighted by Gasteiger charge is 2.15. The van der Waals surface area contributed by atoms with Crippen LogP contribution in [0.25, 0.3) is 10.9 Å². The number of amides is 1. The highest BCUT2D eigenvalue weighted by atomic mass is 16.2. The van der Waals surface area contributed by atoms with Crippen LogP contribution < -0.4 is 5.32 Å². The van der Waals surface area contributed by atoms with E-state index < -0.39 is 0 Å². The van der Waals surface area contributed by atoms with E-state index in [0.29, 0.717) is 0 Å². The number of nitrogens with one attached hydrogen (secondary N) is 1. The number of hydrogen-bond donors (Lipinski definition) is 1. The molecule has 94 valence electrons. The van der Waals surface area contributed by atoms with Gasteiger partial charge in [0.2, 0.25) is 5.91 Å². The van der Waals surface area contributed by atoms with Gasteiger partial charge in [-0.2, -0.15) is 0 Å². The molecule has 18 heavy (non-hydrogen) atoms. The van der Waals surface area contributed by atoms with E-state index in [4.69, 9.17) is 0 Å². The Bertz CT molecular complexity index is 560. The number of pyridine rings is 1. The number of aromatic nitrogens is 1. The molecule has 0 radical (unpaired) electrons. The van der Waals surface area contributed by atoms with Gasteiger partial charge in [-0.1, -0.05) is 18.2 Å². The van der Waals surface area contributed by atoms with Gasteiger partial charge >= 0.3 is 0 Å². The smallest absolute Gasteiger partial charge is 0.244 e. The molecule has 0 fully saturated rings. The van der Waals surface area contributed by atoms with E-state index in [1.54, 1.807) is 25.2 Å². The lowest BCUT2D eigenvalue weighted by Crippen LogP contribution is -2.36. The maximum absolute atomic E-state index is 11.8. The first-order valence-corrected chi connectivity index (χ1v) is 5.91. The summed E-state index contributed by atoms with van der Waals surface area (Å²) in [5.74, 6) is 0.0518. The summed E-state index contributed by atoms with van der Waals surface area (Å²) >= 11 is 0. The number of likely N-dealkylation sites (N-methyl/N-ethyl adjacent to an activating group) is 1. The SMILES string of the molecule is CC(Nc1ccnc2ccccc12)C(=O)N(C)C. The van der Waals surface area contributed by atoms with Crippen molar-refractivity contribution in [3.63, 3.8) is 0 Å². The van der Waals surface area contributed by atoms with Crippen molar-refractivity contribution in [3.05, 3.63) is 36.5 Å². The summed E-state index contributed by atoms with van der Waals surface area (Å²) in [7, 11) is 3.51. The molecule has 0 aliphatic carbocycles. The fraction of sp³-hybridized carbons (Fsp3) is 0.286. The van der Waals surface area contributed by atoms with Crippen molar-refractivity contribution < 1.29 is 4.79 Å². The second kappa shape index (κ2) is 5.04. The van der Waals surface area contributed by atoms with Gasteiger partial charge in [0, 0.05) is 31.4 Å². The standard InChI is InChI=1S/C14H17N3O/c1-10(14(18)17(2)3)16-13-8-9-15-12-7-5-4-6-11(12)13/h4-10H,1-3H3,(H,15,16). The Hall–Kier alpha value is -2.10. The Morgan fingerprint density at radius 2 is 2.00 bits per heavy atom. The number of carbonyl (C=O) groups excluding carboxylic acids is 1. The number of carbonyl (C=O) groups is 1. The van der Waals surface area contributed by atoms with Crippen LogP contribution in [0.15, 0.2) is 36.5 Å². The van der Waals surface area contributed by atoms with E-state index in [0.717, 1.165) is 16.6 Å². The fourth-order valence-corrected chi connectivity index (χ4v) is 1.90. The maximum Gasteiger partial charge on any atom is 0.244 e. The monoisotopic (exact) mass is 243 g/mol. The summed E-state index contributed by atoms with van der Waals surface area (Å²) in [6, 6.07) is 9.50. The van der Waals surface area contributed by atoms with Crippen molar-refractivity contribution in [3.8, 4) is 0 Å². The lowest BCUT2D eigenvalue weighted by atomic mass is 10.1. The third-order valence-corrected chi connectivity index (χ3v) is 2.83. The number of fused-ring (bicyclic) bond motifs is 1. The second-order valence-corrected chi connectivity index (χ2v) is 4.47. The number of para-hydroxylation sites is 1. The molecule has 0 aliphatic heterocycles. The van der Waals surface area contributed by atoms with Crippen LogP contribution in [-0.2, 0) is 4.79 Å². The van der Waals surface area contributed by atoms with Crippen LogP contribution in [0.1, 0.15) is 6.92 Å². The summed E-state index contributed by atoms with van der Waals surface area (Å²) in [6.07, 6.45) is 1.75. The lowest BCUT2D eigenvalue weighted by molar-refractivity contribution is -0.129. The van der Waals surface area contributed by atoms with E-state index in [9.17, 15) is 4.79 Å². The van der Waals surface area contributed by atoms with Crippen molar-refractivity contribution in [2.75, 3.05) is 19.4 Å². The Kier molecular flexibility index (Phi) is 3.46. The van der Waals surface area contributed by atoms with Gasteiger partial charge in [0.25, 0.3) is 0 Å². The minimum absolute atomic E-state index is 0.0518. The zero-order chi connectivity index (χ0) is 13.1. The van der Waals surface area contributed by atoms with E-state index >= 15 is 0 Å². The quantitative estimate of drug-likeness (QED) is 0.898. The Morgan fingerprint density at radius 3 is 2.72 bits per heavy atom. The zero-order valence-electron chi connectivity index (χ0n) is 10.8. The van der Waals surface area contributed by atoms with Crippen LogP contribution in [0.4, 0.5) is 5.69 Å². The Labute approximate surface area is 107 Å². The molecule has 0 saturated carbocycles. The molecule has 1 N–H and O–H groups in total. The average Bonchev–Trinajstić information content (AvgIpc) is 2.38. The molecule has 4 nitrogen and oxygen atoms in total. The second-order valence-electron chi connectivity index (χ2n) is 4.47. The number of rotatable bonds is 3. The molecule has 0 aliphatic rings. The van der Waals surface area contributed by atoms with Crippen molar-refractivity contribution in [1.82, 2.24) is 9.88 Å². The van der Waals surface area contributed by atoms with Crippen LogP contribution in [0.2, 0.25) is 0 Å². The highest BCUT2D eigenvalue weighted by molar-refractivity contribution is 5.93. The molecule has 1 atom stereocenters. The Balaban J connectivity index is 2.29. The Morgan fingerprint density at radius 1 is 1.28 bits per heavy atom. The van der Waals surface area contributed by atoms with Gasteiger partial charge in [0.1, 0.15) is 6.04 Å².